The van der Waals surface area contributed by atoms with Crippen LogP contribution in [-0.4, -0.2) is 22.6 Å². The molecule has 2 aromatic rings. The van der Waals surface area contributed by atoms with Crippen LogP contribution in [0.1, 0.15) is 51.4 Å². The fourth-order valence-corrected chi connectivity index (χ4v) is 3.56. The molecule has 1 aromatic heterocycles. The lowest BCUT2D eigenvalue weighted by atomic mass is 9.87. The van der Waals surface area contributed by atoms with Gasteiger partial charge < -0.3 is 10.4 Å². The second-order valence-corrected chi connectivity index (χ2v) is 6.51. The van der Waals surface area contributed by atoms with Gasteiger partial charge in [-0.15, -0.1) is 11.3 Å². The summed E-state index contributed by atoms with van der Waals surface area (Å²) in [7, 11) is 0. The summed E-state index contributed by atoms with van der Waals surface area (Å²) in [4.78, 5) is 15.5. The second-order valence-electron chi connectivity index (χ2n) is 5.45. The summed E-state index contributed by atoms with van der Waals surface area (Å²) in [6.07, 6.45) is 2.11. The fourth-order valence-electron chi connectivity index (χ4n) is 2.87. The van der Waals surface area contributed by atoms with E-state index in [1.165, 1.54) is 5.69 Å². The molecule has 21 heavy (non-hydrogen) atoms. The van der Waals surface area contributed by atoms with Gasteiger partial charge in [-0.2, -0.15) is 0 Å². The van der Waals surface area contributed by atoms with Crippen LogP contribution in [0.2, 0.25) is 0 Å². The van der Waals surface area contributed by atoms with E-state index in [1.54, 1.807) is 23.5 Å². The average molecular weight is 302 g/mol. The van der Waals surface area contributed by atoms with Gasteiger partial charge in [-0.3, -0.25) is 0 Å². The maximum atomic E-state index is 10.9. The lowest BCUT2D eigenvalue weighted by molar-refractivity contribution is 0.0697. The third-order valence-electron chi connectivity index (χ3n) is 4.02. The van der Waals surface area contributed by atoms with E-state index in [0.717, 1.165) is 30.0 Å². The molecular weight excluding hydrogens is 284 g/mol. The molecule has 2 unspecified atom stereocenters. The van der Waals surface area contributed by atoms with Gasteiger partial charge in [0.15, 0.2) is 0 Å². The van der Waals surface area contributed by atoms with Crippen molar-refractivity contribution in [3.8, 4) is 0 Å². The average Bonchev–Trinajstić information content (AvgIpc) is 2.94. The minimum absolute atomic E-state index is 0.272. The van der Waals surface area contributed by atoms with E-state index in [-0.39, 0.29) is 6.04 Å². The maximum absolute atomic E-state index is 10.9. The Morgan fingerprint density at radius 1 is 1.38 bits per heavy atom. The van der Waals surface area contributed by atoms with E-state index in [9.17, 15) is 4.79 Å². The first-order valence-corrected chi connectivity index (χ1v) is 8.00. The van der Waals surface area contributed by atoms with Gasteiger partial charge in [0.05, 0.1) is 16.3 Å². The van der Waals surface area contributed by atoms with Gasteiger partial charge in [0, 0.05) is 17.3 Å². The molecule has 2 N–H and O–H groups in total. The molecule has 2 heterocycles. The van der Waals surface area contributed by atoms with E-state index >= 15 is 0 Å². The highest BCUT2D eigenvalue weighted by Crippen LogP contribution is 2.34. The standard InChI is InChI=1S/C16H18N2O2S/c1-10-18-15(9-21-10)13-6-7-17-14(8-13)11-2-4-12(5-3-11)16(19)20/h2-5,9,13-14,17H,6-8H2,1H3,(H,19,20). The molecule has 0 spiro atoms. The highest BCUT2D eigenvalue weighted by atomic mass is 32.1. The van der Waals surface area contributed by atoms with Crippen LogP contribution in [0.15, 0.2) is 29.6 Å². The number of carbonyl (C=O) groups is 1. The quantitative estimate of drug-likeness (QED) is 0.912. The zero-order valence-electron chi connectivity index (χ0n) is 11.9. The predicted octanol–water partition coefficient (Wildman–Crippen LogP) is 3.36. The number of aromatic nitrogens is 1. The van der Waals surface area contributed by atoms with Crippen LogP contribution in [0.4, 0.5) is 0 Å². The van der Waals surface area contributed by atoms with Crippen molar-refractivity contribution in [2.45, 2.75) is 31.7 Å². The van der Waals surface area contributed by atoms with Gasteiger partial charge in [-0.05, 0) is 44.0 Å². The molecule has 1 fully saturated rings. The van der Waals surface area contributed by atoms with Gasteiger partial charge in [0.2, 0.25) is 0 Å². The number of rotatable bonds is 3. The summed E-state index contributed by atoms with van der Waals surface area (Å²) >= 11 is 1.70. The lowest BCUT2D eigenvalue weighted by Crippen LogP contribution is -2.31. The summed E-state index contributed by atoms with van der Waals surface area (Å²) < 4.78 is 0. The van der Waals surface area contributed by atoms with Gasteiger partial charge in [-0.1, -0.05) is 12.1 Å². The molecule has 110 valence electrons. The number of aryl methyl sites for hydroxylation is 1. The molecule has 3 rings (SSSR count). The minimum Gasteiger partial charge on any atom is -0.478 e. The van der Waals surface area contributed by atoms with Crippen LogP contribution in [0.25, 0.3) is 0 Å². The molecule has 0 saturated carbocycles. The topological polar surface area (TPSA) is 62.2 Å². The maximum Gasteiger partial charge on any atom is 0.335 e. The molecule has 0 radical (unpaired) electrons. The van der Waals surface area contributed by atoms with Crippen LogP contribution < -0.4 is 5.32 Å². The van der Waals surface area contributed by atoms with Crippen molar-refractivity contribution in [1.82, 2.24) is 10.3 Å². The molecule has 1 saturated heterocycles. The van der Waals surface area contributed by atoms with E-state index in [2.05, 4.69) is 15.7 Å². The Labute approximate surface area is 127 Å². The van der Waals surface area contributed by atoms with Gasteiger partial charge in [-0.25, -0.2) is 9.78 Å². The Bertz CT molecular complexity index is 636. The van der Waals surface area contributed by atoms with Crippen LogP contribution in [0, 0.1) is 6.92 Å². The first-order chi connectivity index (χ1) is 10.1. The van der Waals surface area contributed by atoms with E-state index in [0.29, 0.717) is 11.5 Å². The number of hydrogen-bond donors (Lipinski definition) is 2. The summed E-state index contributed by atoms with van der Waals surface area (Å²) in [5.41, 5.74) is 2.68. The molecule has 2 atom stereocenters. The number of benzene rings is 1. The van der Waals surface area contributed by atoms with Crippen LogP contribution in [0.3, 0.4) is 0 Å². The minimum atomic E-state index is -0.881. The largest absolute Gasteiger partial charge is 0.478 e. The normalized spacial score (nSPS) is 22.1. The van der Waals surface area contributed by atoms with Crippen molar-refractivity contribution in [2.75, 3.05) is 6.54 Å². The number of nitrogens with one attached hydrogen (secondary N) is 1. The smallest absolute Gasteiger partial charge is 0.335 e. The SMILES string of the molecule is Cc1nc(C2CCNC(c3ccc(C(=O)O)cc3)C2)cs1. The summed E-state index contributed by atoms with van der Waals surface area (Å²) in [6, 6.07) is 7.45. The van der Waals surface area contributed by atoms with Crippen molar-refractivity contribution in [3.05, 3.63) is 51.5 Å². The number of hydrogen-bond acceptors (Lipinski definition) is 4. The molecular formula is C16H18N2O2S. The van der Waals surface area contributed by atoms with Gasteiger partial charge >= 0.3 is 5.97 Å². The highest BCUT2D eigenvalue weighted by molar-refractivity contribution is 7.09. The Kier molecular flexibility index (Phi) is 4.03. The molecule has 0 bridgehead atoms. The van der Waals surface area contributed by atoms with E-state index in [4.69, 9.17) is 5.11 Å². The first-order valence-electron chi connectivity index (χ1n) is 7.12. The van der Waals surface area contributed by atoms with Gasteiger partial charge in [0.1, 0.15) is 0 Å². The summed E-state index contributed by atoms with van der Waals surface area (Å²) in [6.45, 7) is 3.00. The number of piperidine rings is 1. The Hall–Kier alpha value is -1.72. The Morgan fingerprint density at radius 3 is 2.76 bits per heavy atom. The third-order valence-corrected chi connectivity index (χ3v) is 4.81. The van der Waals surface area contributed by atoms with Crippen molar-refractivity contribution >= 4 is 17.3 Å². The predicted molar refractivity (Wildman–Crippen MR) is 83.0 cm³/mol. The molecule has 4 nitrogen and oxygen atoms in total. The van der Waals surface area contributed by atoms with Crippen molar-refractivity contribution in [1.29, 1.82) is 0 Å². The molecule has 1 aliphatic rings. The fraction of sp³-hybridized carbons (Fsp3) is 0.375. The number of carboxylic acids is 1. The van der Waals surface area contributed by atoms with Crippen molar-refractivity contribution < 1.29 is 9.90 Å². The van der Waals surface area contributed by atoms with E-state index in [1.807, 2.05) is 19.1 Å². The van der Waals surface area contributed by atoms with Crippen LogP contribution in [0.5, 0.6) is 0 Å². The van der Waals surface area contributed by atoms with Crippen molar-refractivity contribution in [3.63, 3.8) is 0 Å². The van der Waals surface area contributed by atoms with E-state index < -0.39 is 5.97 Å². The Balaban J connectivity index is 1.75. The second kappa shape index (κ2) is 5.95. The van der Waals surface area contributed by atoms with Crippen molar-refractivity contribution in [2.24, 2.45) is 0 Å². The number of thiazole rings is 1. The number of nitrogens with zero attached hydrogens (tertiary/aromatic N) is 1. The third kappa shape index (κ3) is 3.14. The summed E-state index contributed by atoms with van der Waals surface area (Å²) in [5.74, 6) is -0.394. The molecule has 5 heteroatoms. The van der Waals surface area contributed by atoms with Gasteiger partial charge in [0.25, 0.3) is 0 Å². The molecule has 0 amide bonds. The number of carboxylic acid groups (broad SMARTS) is 1. The molecule has 1 aromatic carbocycles. The van der Waals surface area contributed by atoms with Crippen LogP contribution >= 0.6 is 11.3 Å². The number of aromatic carboxylic acids is 1. The monoisotopic (exact) mass is 302 g/mol. The molecule has 0 aliphatic carbocycles. The molecule has 1 aliphatic heterocycles. The highest BCUT2D eigenvalue weighted by Gasteiger charge is 2.25. The zero-order valence-corrected chi connectivity index (χ0v) is 12.7. The van der Waals surface area contributed by atoms with Crippen LogP contribution in [-0.2, 0) is 0 Å². The lowest BCUT2D eigenvalue weighted by Gasteiger charge is -2.30. The zero-order chi connectivity index (χ0) is 14.8. The summed E-state index contributed by atoms with van der Waals surface area (Å²) in [5, 5.41) is 15.8. The first kappa shape index (κ1) is 14.2. The Morgan fingerprint density at radius 2 is 2.14 bits per heavy atom.